The van der Waals surface area contributed by atoms with Crippen molar-refractivity contribution >= 4 is 17.5 Å². The average molecular weight is 256 g/mol. The molecule has 5 heteroatoms. The molecule has 0 atom stereocenters. The van der Waals surface area contributed by atoms with Crippen LogP contribution in [0.4, 0.5) is 0 Å². The molecular weight excluding hydrogens is 242 g/mol. The largest absolute Gasteiger partial charge is 0.504 e. The topological polar surface area (TPSA) is 60.8 Å². The molecule has 1 aliphatic carbocycles. The van der Waals surface area contributed by atoms with Gasteiger partial charge >= 0.3 is 0 Å². The number of para-hydroxylation sites is 1. The Balaban J connectivity index is 2.25. The van der Waals surface area contributed by atoms with Crippen LogP contribution in [0.2, 0.25) is 0 Å². The van der Waals surface area contributed by atoms with Crippen molar-refractivity contribution in [1.29, 1.82) is 0 Å². The van der Waals surface area contributed by atoms with Gasteiger partial charge in [0.05, 0.1) is 5.56 Å². The molecule has 1 amide bonds. The van der Waals surface area contributed by atoms with Crippen LogP contribution in [0, 0.1) is 0 Å². The third-order valence-electron chi connectivity index (χ3n) is 2.82. The van der Waals surface area contributed by atoms with Gasteiger partial charge in [0.15, 0.2) is 11.5 Å². The number of carbonyl (C=O) groups excluding carboxylic acids is 1. The Morgan fingerprint density at radius 3 is 2.71 bits per heavy atom. The number of alkyl halides is 1. The van der Waals surface area contributed by atoms with Gasteiger partial charge in [0, 0.05) is 18.5 Å². The van der Waals surface area contributed by atoms with Crippen molar-refractivity contribution in [2.45, 2.75) is 18.9 Å². The molecule has 0 bridgehead atoms. The first-order chi connectivity index (χ1) is 8.15. The lowest BCUT2D eigenvalue weighted by atomic mass is 10.1. The first-order valence-corrected chi connectivity index (χ1v) is 6.06. The number of hydrogen-bond acceptors (Lipinski definition) is 3. The first kappa shape index (κ1) is 12.0. The normalized spacial score (nSPS) is 14.6. The number of benzene rings is 1. The van der Waals surface area contributed by atoms with Gasteiger partial charge in [0.1, 0.15) is 0 Å². The predicted molar refractivity (Wildman–Crippen MR) is 64.6 cm³/mol. The Morgan fingerprint density at radius 1 is 1.41 bits per heavy atom. The van der Waals surface area contributed by atoms with E-state index in [4.69, 9.17) is 11.6 Å². The molecule has 0 heterocycles. The standard InChI is InChI=1S/C12H14ClNO3/c13-6-7-14(8-4-5-8)12(17)9-2-1-3-10(15)11(9)16/h1-3,8,15-16H,4-7H2. The maximum atomic E-state index is 12.2. The minimum Gasteiger partial charge on any atom is -0.504 e. The number of amides is 1. The summed E-state index contributed by atoms with van der Waals surface area (Å²) in [5.41, 5.74) is 0.127. The van der Waals surface area contributed by atoms with Gasteiger partial charge in [0.2, 0.25) is 0 Å². The molecule has 0 saturated heterocycles. The van der Waals surface area contributed by atoms with Crippen molar-refractivity contribution in [3.8, 4) is 11.5 Å². The number of aromatic hydroxyl groups is 2. The van der Waals surface area contributed by atoms with E-state index in [-0.39, 0.29) is 29.0 Å². The van der Waals surface area contributed by atoms with E-state index in [1.165, 1.54) is 18.2 Å². The second-order valence-electron chi connectivity index (χ2n) is 4.09. The monoisotopic (exact) mass is 255 g/mol. The highest BCUT2D eigenvalue weighted by atomic mass is 35.5. The number of nitrogens with zero attached hydrogens (tertiary/aromatic N) is 1. The van der Waals surface area contributed by atoms with Crippen LogP contribution in [0.1, 0.15) is 23.2 Å². The molecule has 1 aromatic carbocycles. The zero-order chi connectivity index (χ0) is 12.4. The van der Waals surface area contributed by atoms with Gasteiger partial charge in [-0.3, -0.25) is 4.79 Å². The third-order valence-corrected chi connectivity index (χ3v) is 2.99. The molecule has 2 rings (SSSR count). The zero-order valence-corrected chi connectivity index (χ0v) is 10.0. The van der Waals surface area contributed by atoms with Crippen molar-refractivity contribution in [3.63, 3.8) is 0 Å². The molecule has 0 aromatic heterocycles. The maximum absolute atomic E-state index is 12.2. The Morgan fingerprint density at radius 2 is 2.12 bits per heavy atom. The Bertz CT molecular complexity index is 432. The van der Waals surface area contributed by atoms with Crippen LogP contribution in [0.25, 0.3) is 0 Å². The van der Waals surface area contributed by atoms with Crippen LogP contribution < -0.4 is 0 Å². The summed E-state index contributed by atoms with van der Waals surface area (Å²) in [5, 5.41) is 19.0. The highest BCUT2D eigenvalue weighted by Gasteiger charge is 2.33. The number of phenolic OH excluding ortho intramolecular Hbond substituents is 2. The summed E-state index contributed by atoms with van der Waals surface area (Å²) in [6.07, 6.45) is 1.95. The van der Waals surface area contributed by atoms with E-state index in [2.05, 4.69) is 0 Å². The second kappa shape index (κ2) is 4.84. The summed E-state index contributed by atoms with van der Waals surface area (Å²) in [4.78, 5) is 13.8. The van der Waals surface area contributed by atoms with Crippen molar-refractivity contribution in [2.24, 2.45) is 0 Å². The molecular formula is C12H14ClNO3. The lowest BCUT2D eigenvalue weighted by Crippen LogP contribution is -2.34. The third kappa shape index (κ3) is 2.47. The second-order valence-corrected chi connectivity index (χ2v) is 4.47. The quantitative estimate of drug-likeness (QED) is 0.639. The molecule has 1 aliphatic rings. The van der Waals surface area contributed by atoms with E-state index in [0.717, 1.165) is 12.8 Å². The number of phenols is 2. The minimum atomic E-state index is -0.363. The zero-order valence-electron chi connectivity index (χ0n) is 9.27. The van der Waals surface area contributed by atoms with E-state index in [1.807, 2.05) is 0 Å². The van der Waals surface area contributed by atoms with Gasteiger partial charge in [-0.25, -0.2) is 0 Å². The smallest absolute Gasteiger partial charge is 0.258 e. The van der Waals surface area contributed by atoms with E-state index < -0.39 is 0 Å². The van der Waals surface area contributed by atoms with Gasteiger partial charge < -0.3 is 15.1 Å². The van der Waals surface area contributed by atoms with Crippen molar-refractivity contribution in [2.75, 3.05) is 12.4 Å². The molecule has 2 N–H and O–H groups in total. The Kier molecular flexibility index (Phi) is 3.43. The molecule has 1 aromatic rings. The fourth-order valence-corrected chi connectivity index (χ4v) is 1.97. The summed E-state index contributed by atoms with van der Waals surface area (Å²) >= 11 is 5.66. The number of rotatable bonds is 4. The molecule has 92 valence electrons. The molecule has 0 unspecified atom stereocenters. The van der Waals surface area contributed by atoms with Crippen LogP contribution >= 0.6 is 11.6 Å². The fraction of sp³-hybridized carbons (Fsp3) is 0.417. The van der Waals surface area contributed by atoms with Gasteiger partial charge in [0.25, 0.3) is 5.91 Å². The number of halogens is 1. The molecule has 17 heavy (non-hydrogen) atoms. The summed E-state index contributed by atoms with van der Waals surface area (Å²) in [5.74, 6) is -0.557. The Labute approximate surface area is 104 Å². The van der Waals surface area contributed by atoms with Crippen LogP contribution in [-0.2, 0) is 0 Å². The van der Waals surface area contributed by atoms with E-state index in [1.54, 1.807) is 4.90 Å². The summed E-state index contributed by atoms with van der Waals surface area (Å²) < 4.78 is 0. The molecule has 4 nitrogen and oxygen atoms in total. The van der Waals surface area contributed by atoms with E-state index >= 15 is 0 Å². The van der Waals surface area contributed by atoms with Crippen molar-refractivity contribution in [3.05, 3.63) is 23.8 Å². The van der Waals surface area contributed by atoms with E-state index in [0.29, 0.717) is 12.4 Å². The van der Waals surface area contributed by atoms with Crippen LogP contribution in [0.3, 0.4) is 0 Å². The van der Waals surface area contributed by atoms with Crippen molar-refractivity contribution < 1.29 is 15.0 Å². The highest BCUT2D eigenvalue weighted by molar-refractivity contribution is 6.18. The molecule has 0 spiro atoms. The van der Waals surface area contributed by atoms with Crippen molar-refractivity contribution in [1.82, 2.24) is 4.90 Å². The lowest BCUT2D eigenvalue weighted by Gasteiger charge is -2.21. The number of carbonyl (C=O) groups is 1. The first-order valence-electron chi connectivity index (χ1n) is 5.53. The van der Waals surface area contributed by atoms with Crippen LogP contribution in [-0.4, -0.2) is 39.5 Å². The highest BCUT2D eigenvalue weighted by Crippen LogP contribution is 2.33. The average Bonchev–Trinajstić information content (AvgIpc) is 3.13. The minimum absolute atomic E-state index is 0.127. The summed E-state index contributed by atoms with van der Waals surface area (Å²) in [6, 6.07) is 4.60. The lowest BCUT2D eigenvalue weighted by molar-refractivity contribution is 0.0750. The SMILES string of the molecule is O=C(c1cccc(O)c1O)N(CCCl)C1CC1. The maximum Gasteiger partial charge on any atom is 0.258 e. The fourth-order valence-electron chi connectivity index (χ4n) is 1.79. The van der Waals surface area contributed by atoms with Crippen LogP contribution in [0.5, 0.6) is 11.5 Å². The number of hydrogen-bond donors (Lipinski definition) is 2. The molecule has 1 fully saturated rings. The van der Waals surface area contributed by atoms with Gasteiger partial charge in [-0.15, -0.1) is 11.6 Å². The van der Waals surface area contributed by atoms with Gasteiger partial charge in [-0.1, -0.05) is 6.07 Å². The summed E-state index contributed by atoms with van der Waals surface area (Å²) in [6.45, 7) is 0.458. The van der Waals surface area contributed by atoms with E-state index in [9.17, 15) is 15.0 Å². The molecule has 0 aliphatic heterocycles. The predicted octanol–water partition coefficient (Wildman–Crippen LogP) is 1.94. The summed E-state index contributed by atoms with van der Waals surface area (Å²) in [7, 11) is 0. The molecule has 0 radical (unpaired) electrons. The van der Waals surface area contributed by atoms with Gasteiger partial charge in [-0.2, -0.15) is 0 Å². The Hall–Kier alpha value is -1.42. The molecule has 1 saturated carbocycles. The van der Waals surface area contributed by atoms with Crippen LogP contribution in [0.15, 0.2) is 18.2 Å². The van der Waals surface area contributed by atoms with Gasteiger partial charge in [-0.05, 0) is 25.0 Å².